The fraction of sp³-hybridized carbons (Fsp3) is 0. The van der Waals surface area contributed by atoms with E-state index in [1.807, 2.05) is 0 Å². The minimum atomic E-state index is -1.19. The zero-order valence-corrected chi connectivity index (χ0v) is 9.16. The fourth-order valence-corrected chi connectivity index (χ4v) is 1.37. The fourth-order valence-electron chi connectivity index (χ4n) is 1.37. The third-order valence-electron chi connectivity index (χ3n) is 2.20. The van der Waals surface area contributed by atoms with E-state index in [1.54, 1.807) is 18.2 Å². The van der Waals surface area contributed by atoms with Gasteiger partial charge in [0.15, 0.2) is 5.82 Å². The minimum Gasteiger partial charge on any atom is -0.506 e. The molecule has 5 N–H and O–H groups in total. The van der Waals surface area contributed by atoms with Crippen molar-refractivity contribution in [1.82, 2.24) is 10.2 Å². The van der Waals surface area contributed by atoms with E-state index in [1.165, 1.54) is 12.1 Å². The molecule has 0 aliphatic rings. The Morgan fingerprint density at radius 2 is 2.00 bits per heavy atom. The van der Waals surface area contributed by atoms with Gasteiger partial charge in [-0.1, -0.05) is 12.1 Å². The molecule has 18 heavy (non-hydrogen) atoms. The van der Waals surface area contributed by atoms with Crippen molar-refractivity contribution >= 4 is 23.3 Å². The van der Waals surface area contributed by atoms with Gasteiger partial charge in [0.05, 0.1) is 5.69 Å². The molecule has 7 heteroatoms. The van der Waals surface area contributed by atoms with E-state index in [2.05, 4.69) is 15.5 Å². The molecule has 92 valence electrons. The number of carbonyl (C=O) groups is 1. The highest BCUT2D eigenvalue weighted by atomic mass is 16.4. The van der Waals surface area contributed by atoms with Gasteiger partial charge in [0, 0.05) is 6.07 Å². The van der Waals surface area contributed by atoms with Gasteiger partial charge < -0.3 is 21.3 Å². The number of carboxylic acid groups (broad SMARTS) is 1. The number of phenolic OH excluding ortho intramolecular Hbond substituents is 1. The van der Waals surface area contributed by atoms with Crippen molar-refractivity contribution in [2.45, 2.75) is 0 Å². The predicted molar refractivity (Wildman–Crippen MR) is 64.8 cm³/mol. The van der Waals surface area contributed by atoms with E-state index in [9.17, 15) is 9.90 Å². The summed E-state index contributed by atoms with van der Waals surface area (Å²) in [5.74, 6) is -1.18. The number of benzene rings is 1. The van der Waals surface area contributed by atoms with Gasteiger partial charge in [0.2, 0.25) is 0 Å². The summed E-state index contributed by atoms with van der Waals surface area (Å²) < 4.78 is 0. The summed E-state index contributed by atoms with van der Waals surface area (Å²) in [7, 11) is 0. The van der Waals surface area contributed by atoms with Gasteiger partial charge in [-0.15, -0.1) is 10.2 Å². The SMILES string of the molecule is Nc1cc(C(=O)O)c(Nc2ccccc2O)nn1. The number of aromatic hydroxyl groups is 1. The third-order valence-corrected chi connectivity index (χ3v) is 2.20. The van der Waals surface area contributed by atoms with Crippen molar-refractivity contribution in [1.29, 1.82) is 0 Å². The monoisotopic (exact) mass is 246 g/mol. The molecule has 2 aromatic rings. The lowest BCUT2D eigenvalue weighted by Gasteiger charge is -2.09. The number of hydrogen-bond acceptors (Lipinski definition) is 6. The Morgan fingerprint density at radius 3 is 2.67 bits per heavy atom. The summed E-state index contributed by atoms with van der Waals surface area (Å²) in [5.41, 5.74) is 5.59. The number of aromatic nitrogens is 2. The molecule has 0 spiro atoms. The summed E-state index contributed by atoms with van der Waals surface area (Å²) >= 11 is 0. The number of aromatic carboxylic acids is 1. The molecule has 0 aliphatic heterocycles. The molecule has 1 heterocycles. The number of nitrogens with zero attached hydrogens (tertiary/aromatic N) is 2. The van der Waals surface area contributed by atoms with Crippen LogP contribution in [-0.2, 0) is 0 Å². The summed E-state index contributed by atoms with van der Waals surface area (Å²) in [6.07, 6.45) is 0. The van der Waals surface area contributed by atoms with Gasteiger partial charge in [-0.05, 0) is 12.1 Å². The maximum atomic E-state index is 11.0. The second kappa shape index (κ2) is 4.58. The number of phenols is 1. The number of nitrogen functional groups attached to an aromatic ring is 1. The molecule has 1 aromatic carbocycles. The van der Waals surface area contributed by atoms with Gasteiger partial charge in [-0.2, -0.15) is 0 Å². The molecule has 1 aromatic heterocycles. The summed E-state index contributed by atoms with van der Waals surface area (Å²) in [5, 5.41) is 28.5. The molecule has 0 fully saturated rings. The van der Waals surface area contributed by atoms with Crippen molar-refractivity contribution in [2.75, 3.05) is 11.1 Å². The summed E-state index contributed by atoms with van der Waals surface area (Å²) in [4.78, 5) is 11.0. The third kappa shape index (κ3) is 2.29. The van der Waals surface area contributed by atoms with E-state index in [4.69, 9.17) is 10.8 Å². The van der Waals surface area contributed by atoms with Crippen molar-refractivity contribution in [3.63, 3.8) is 0 Å². The average molecular weight is 246 g/mol. The molecule has 0 aliphatic carbocycles. The van der Waals surface area contributed by atoms with Crippen LogP contribution in [0.3, 0.4) is 0 Å². The number of rotatable bonds is 3. The van der Waals surface area contributed by atoms with Gasteiger partial charge in [0.1, 0.15) is 17.1 Å². The van der Waals surface area contributed by atoms with E-state index in [0.29, 0.717) is 5.69 Å². The normalized spacial score (nSPS) is 10.0. The van der Waals surface area contributed by atoms with Gasteiger partial charge in [0.25, 0.3) is 0 Å². The van der Waals surface area contributed by atoms with Crippen LogP contribution < -0.4 is 11.1 Å². The summed E-state index contributed by atoms with van der Waals surface area (Å²) in [6, 6.07) is 7.57. The maximum Gasteiger partial charge on any atom is 0.339 e. The molecule has 0 saturated heterocycles. The number of hydrogen-bond donors (Lipinski definition) is 4. The largest absolute Gasteiger partial charge is 0.506 e. The quantitative estimate of drug-likeness (QED) is 0.600. The maximum absolute atomic E-state index is 11.0. The highest BCUT2D eigenvalue weighted by Crippen LogP contribution is 2.26. The van der Waals surface area contributed by atoms with Crippen molar-refractivity contribution in [3.8, 4) is 5.75 Å². The smallest absolute Gasteiger partial charge is 0.339 e. The summed E-state index contributed by atoms with van der Waals surface area (Å²) in [6.45, 7) is 0. The highest BCUT2D eigenvalue weighted by Gasteiger charge is 2.14. The predicted octanol–water partition coefficient (Wildman–Crippen LogP) is 1.21. The Labute approximate surface area is 102 Å². The number of para-hydroxylation sites is 2. The highest BCUT2D eigenvalue weighted by molar-refractivity contribution is 5.94. The zero-order valence-electron chi connectivity index (χ0n) is 9.16. The molecule has 0 bridgehead atoms. The first kappa shape index (κ1) is 11.6. The minimum absolute atomic E-state index is 0.00948. The molecule has 0 radical (unpaired) electrons. The Morgan fingerprint density at radius 1 is 1.28 bits per heavy atom. The Kier molecular flexibility index (Phi) is 2.96. The number of carboxylic acids is 1. The van der Waals surface area contributed by atoms with E-state index >= 15 is 0 Å². The molecular formula is C11H10N4O3. The van der Waals surface area contributed by atoms with Gasteiger partial charge >= 0.3 is 5.97 Å². The lowest BCUT2D eigenvalue weighted by atomic mass is 10.2. The molecule has 7 nitrogen and oxygen atoms in total. The van der Waals surface area contributed by atoms with E-state index in [-0.39, 0.29) is 22.9 Å². The Hall–Kier alpha value is -2.83. The van der Waals surface area contributed by atoms with Crippen LogP contribution in [0.1, 0.15) is 10.4 Å². The number of anilines is 3. The number of nitrogens with two attached hydrogens (primary N) is 1. The second-order valence-electron chi connectivity index (χ2n) is 3.48. The first-order valence-corrected chi connectivity index (χ1v) is 4.99. The van der Waals surface area contributed by atoms with Crippen molar-refractivity contribution in [2.24, 2.45) is 0 Å². The molecule has 2 rings (SSSR count). The first-order valence-electron chi connectivity index (χ1n) is 4.99. The van der Waals surface area contributed by atoms with Crippen LogP contribution in [0.5, 0.6) is 5.75 Å². The zero-order chi connectivity index (χ0) is 13.1. The van der Waals surface area contributed by atoms with E-state index in [0.717, 1.165) is 0 Å². The van der Waals surface area contributed by atoms with Crippen LogP contribution in [0, 0.1) is 0 Å². The Bertz CT molecular complexity index is 601. The van der Waals surface area contributed by atoms with Crippen LogP contribution in [-0.4, -0.2) is 26.4 Å². The van der Waals surface area contributed by atoms with E-state index < -0.39 is 5.97 Å². The second-order valence-corrected chi connectivity index (χ2v) is 3.48. The van der Waals surface area contributed by atoms with Crippen molar-refractivity contribution in [3.05, 3.63) is 35.9 Å². The van der Waals surface area contributed by atoms with Crippen LogP contribution in [0.2, 0.25) is 0 Å². The average Bonchev–Trinajstić information content (AvgIpc) is 2.34. The van der Waals surface area contributed by atoms with Gasteiger partial charge in [-0.3, -0.25) is 0 Å². The molecule has 0 unspecified atom stereocenters. The van der Waals surface area contributed by atoms with Crippen LogP contribution in [0.15, 0.2) is 30.3 Å². The topological polar surface area (TPSA) is 121 Å². The standard InChI is InChI=1S/C11H10N4O3/c12-9-5-6(11(17)18)10(15-14-9)13-7-3-1-2-4-8(7)16/h1-5,16H,(H2,12,14)(H,13,15)(H,17,18). The van der Waals surface area contributed by atoms with Gasteiger partial charge in [-0.25, -0.2) is 4.79 Å². The molecule has 0 amide bonds. The number of nitrogens with one attached hydrogen (secondary N) is 1. The van der Waals surface area contributed by atoms with Crippen LogP contribution >= 0.6 is 0 Å². The molecular weight excluding hydrogens is 236 g/mol. The molecule has 0 saturated carbocycles. The first-order chi connectivity index (χ1) is 8.58. The lowest BCUT2D eigenvalue weighted by Crippen LogP contribution is -2.08. The lowest BCUT2D eigenvalue weighted by molar-refractivity contribution is 0.0697. The van der Waals surface area contributed by atoms with Crippen LogP contribution in [0.25, 0.3) is 0 Å². The van der Waals surface area contributed by atoms with Crippen LogP contribution in [0.4, 0.5) is 17.3 Å². The van der Waals surface area contributed by atoms with Crippen molar-refractivity contribution < 1.29 is 15.0 Å². The molecule has 0 atom stereocenters. The Balaban J connectivity index is 2.41.